The van der Waals surface area contributed by atoms with Crippen LogP contribution in [-0.4, -0.2) is 28.0 Å². The van der Waals surface area contributed by atoms with Crippen LogP contribution >= 0.6 is 0 Å². The average molecular weight is 254 g/mol. The van der Waals surface area contributed by atoms with Gasteiger partial charge in [-0.1, -0.05) is 0 Å². The van der Waals surface area contributed by atoms with E-state index in [2.05, 4.69) is 26.0 Å². The Morgan fingerprint density at radius 2 is 2.33 bits per heavy atom. The van der Waals surface area contributed by atoms with E-state index in [4.69, 9.17) is 5.84 Å². The van der Waals surface area contributed by atoms with Crippen LogP contribution in [0.3, 0.4) is 0 Å². The fourth-order valence-electron chi connectivity index (χ4n) is 1.36. The third kappa shape index (κ3) is 3.04. The number of carbonyl (C=O) groups excluding carboxylic acids is 1. The molecule has 7 nitrogen and oxygen atoms in total. The van der Waals surface area contributed by atoms with E-state index in [1.165, 1.54) is 0 Å². The standard InChI is InChI=1S/C10H15FN6O/c1-5(9(18)15-6-2-3-6)14-8-7(11)4-13-10(16-8)17-12/h4-6H,2-3,12H2,1H3,(H,15,18)(H2,13,14,16,17). The zero-order valence-corrected chi connectivity index (χ0v) is 9.90. The van der Waals surface area contributed by atoms with Crippen LogP contribution in [0, 0.1) is 5.82 Å². The van der Waals surface area contributed by atoms with Gasteiger partial charge in [0.05, 0.1) is 6.20 Å². The van der Waals surface area contributed by atoms with E-state index in [1.807, 2.05) is 0 Å². The summed E-state index contributed by atoms with van der Waals surface area (Å²) in [5.41, 5.74) is 2.21. The zero-order chi connectivity index (χ0) is 13.1. The molecular weight excluding hydrogens is 239 g/mol. The Morgan fingerprint density at radius 1 is 1.61 bits per heavy atom. The van der Waals surface area contributed by atoms with Crippen LogP contribution < -0.4 is 21.9 Å². The van der Waals surface area contributed by atoms with E-state index < -0.39 is 11.9 Å². The van der Waals surface area contributed by atoms with Crippen molar-refractivity contribution in [3.05, 3.63) is 12.0 Å². The van der Waals surface area contributed by atoms with Gasteiger partial charge in [-0.15, -0.1) is 0 Å². The highest BCUT2D eigenvalue weighted by atomic mass is 19.1. The maximum absolute atomic E-state index is 13.4. The first-order chi connectivity index (χ1) is 8.60. The number of nitrogens with zero attached hydrogens (tertiary/aromatic N) is 2. The van der Waals surface area contributed by atoms with Crippen LogP contribution in [0.15, 0.2) is 6.20 Å². The van der Waals surface area contributed by atoms with Gasteiger partial charge in [0.15, 0.2) is 11.6 Å². The third-order valence-corrected chi connectivity index (χ3v) is 2.54. The molecule has 0 spiro atoms. The van der Waals surface area contributed by atoms with Crippen molar-refractivity contribution in [1.82, 2.24) is 15.3 Å². The molecule has 1 amide bonds. The van der Waals surface area contributed by atoms with Gasteiger partial charge in [0, 0.05) is 6.04 Å². The minimum atomic E-state index is -0.639. The van der Waals surface area contributed by atoms with Crippen LogP contribution in [0.5, 0.6) is 0 Å². The highest BCUT2D eigenvalue weighted by Crippen LogP contribution is 2.19. The second kappa shape index (κ2) is 5.13. The normalized spacial score (nSPS) is 15.9. The average Bonchev–Trinajstić information content (AvgIpc) is 3.15. The van der Waals surface area contributed by atoms with E-state index >= 15 is 0 Å². The largest absolute Gasteiger partial charge is 0.356 e. The molecular formula is C10H15FN6O. The molecule has 5 N–H and O–H groups in total. The number of rotatable bonds is 5. The number of nitrogen functional groups attached to an aromatic ring is 1. The van der Waals surface area contributed by atoms with Gasteiger partial charge in [-0.3, -0.25) is 10.2 Å². The number of nitrogens with one attached hydrogen (secondary N) is 3. The van der Waals surface area contributed by atoms with Crippen LogP contribution in [-0.2, 0) is 4.79 Å². The topological polar surface area (TPSA) is 105 Å². The Hall–Kier alpha value is -1.96. The third-order valence-electron chi connectivity index (χ3n) is 2.54. The Kier molecular flexibility index (Phi) is 3.56. The van der Waals surface area contributed by atoms with Gasteiger partial charge in [0.2, 0.25) is 11.9 Å². The van der Waals surface area contributed by atoms with E-state index in [0.717, 1.165) is 19.0 Å². The number of nitrogens with two attached hydrogens (primary N) is 1. The molecule has 0 aromatic carbocycles. The Morgan fingerprint density at radius 3 is 2.94 bits per heavy atom. The van der Waals surface area contributed by atoms with Crippen molar-refractivity contribution in [2.24, 2.45) is 5.84 Å². The molecule has 18 heavy (non-hydrogen) atoms. The summed E-state index contributed by atoms with van der Waals surface area (Å²) in [6, 6.07) is -0.320. The minimum absolute atomic E-state index is 0.0589. The lowest BCUT2D eigenvalue weighted by Gasteiger charge is -2.15. The monoisotopic (exact) mass is 254 g/mol. The summed E-state index contributed by atoms with van der Waals surface area (Å²) in [6.45, 7) is 1.63. The first-order valence-electron chi connectivity index (χ1n) is 5.66. The number of amides is 1. The summed E-state index contributed by atoms with van der Waals surface area (Å²) in [6.07, 6.45) is 2.99. The zero-order valence-electron chi connectivity index (χ0n) is 9.90. The number of aromatic nitrogens is 2. The molecule has 0 aliphatic heterocycles. The number of hydrogen-bond donors (Lipinski definition) is 4. The fourth-order valence-corrected chi connectivity index (χ4v) is 1.36. The molecule has 1 aliphatic carbocycles. The van der Waals surface area contributed by atoms with Gasteiger partial charge in [-0.25, -0.2) is 15.2 Å². The van der Waals surface area contributed by atoms with Gasteiger partial charge >= 0.3 is 0 Å². The van der Waals surface area contributed by atoms with Gasteiger partial charge < -0.3 is 10.6 Å². The summed E-state index contributed by atoms with van der Waals surface area (Å²) >= 11 is 0. The van der Waals surface area contributed by atoms with Crippen molar-refractivity contribution in [1.29, 1.82) is 0 Å². The number of carbonyl (C=O) groups is 1. The fraction of sp³-hybridized carbons (Fsp3) is 0.500. The molecule has 1 fully saturated rings. The first kappa shape index (κ1) is 12.5. The van der Waals surface area contributed by atoms with Gasteiger partial charge in [0.25, 0.3) is 0 Å². The van der Waals surface area contributed by atoms with Crippen LogP contribution in [0.2, 0.25) is 0 Å². The van der Waals surface area contributed by atoms with Gasteiger partial charge in [0.1, 0.15) is 6.04 Å². The Balaban J connectivity index is 2.00. The van der Waals surface area contributed by atoms with Crippen molar-refractivity contribution in [3.8, 4) is 0 Å². The Bertz CT molecular complexity index is 450. The second-order valence-electron chi connectivity index (χ2n) is 4.18. The minimum Gasteiger partial charge on any atom is -0.356 e. The second-order valence-corrected chi connectivity index (χ2v) is 4.18. The van der Waals surface area contributed by atoms with Gasteiger partial charge in [-0.05, 0) is 19.8 Å². The molecule has 0 saturated heterocycles. The summed E-state index contributed by atoms with van der Waals surface area (Å²) in [4.78, 5) is 19.1. The highest BCUT2D eigenvalue weighted by Gasteiger charge is 2.26. The number of halogens is 1. The lowest BCUT2D eigenvalue weighted by Crippen LogP contribution is -2.39. The van der Waals surface area contributed by atoms with Crippen molar-refractivity contribution >= 4 is 17.7 Å². The smallest absolute Gasteiger partial charge is 0.242 e. The molecule has 8 heteroatoms. The van der Waals surface area contributed by atoms with Gasteiger partial charge in [-0.2, -0.15) is 4.98 Å². The molecule has 0 bridgehead atoms. The predicted octanol–water partition coefficient (Wildman–Crippen LogP) is -0.0197. The Labute approximate surface area is 103 Å². The first-order valence-corrected chi connectivity index (χ1v) is 5.66. The molecule has 1 aromatic heterocycles. The molecule has 1 saturated carbocycles. The van der Waals surface area contributed by atoms with Crippen LogP contribution in [0.25, 0.3) is 0 Å². The molecule has 1 atom stereocenters. The molecule has 98 valence electrons. The summed E-state index contributed by atoms with van der Waals surface area (Å²) in [5.74, 6) is 4.33. The predicted molar refractivity (Wildman–Crippen MR) is 64.0 cm³/mol. The summed E-state index contributed by atoms with van der Waals surface area (Å²) in [5, 5.41) is 5.50. The van der Waals surface area contributed by atoms with E-state index in [9.17, 15) is 9.18 Å². The summed E-state index contributed by atoms with van der Waals surface area (Å²) in [7, 11) is 0. The van der Waals surface area contributed by atoms with E-state index in [-0.39, 0.29) is 23.7 Å². The molecule has 1 unspecified atom stereocenters. The van der Waals surface area contributed by atoms with Crippen molar-refractivity contribution in [2.45, 2.75) is 31.8 Å². The van der Waals surface area contributed by atoms with E-state index in [0.29, 0.717) is 0 Å². The maximum atomic E-state index is 13.4. The number of anilines is 2. The summed E-state index contributed by atoms with van der Waals surface area (Å²) < 4.78 is 13.4. The molecule has 1 aliphatic rings. The lowest BCUT2D eigenvalue weighted by atomic mass is 10.3. The van der Waals surface area contributed by atoms with Crippen LogP contribution in [0.4, 0.5) is 16.2 Å². The molecule has 1 aromatic rings. The molecule has 2 rings (SSSR count). The van der Waals surface area contributed by atoms with E-state index in [1.54, 1.807) is 6.92 Å². The van der Waals surface area contributed by atoms with Crippen molar-refractivity contribution in [3.63, 3.8) is 0 Å². The number of hydrogen-bond acceptors (Lipinski definition) is 6. The van der Waals surface area contributed by atoms with Crippen molar-refractivity contribution in [2.75, 3.05) is 10.7 Å². The SMILES string of the molecule is CC(Nc1nc(NN)ncc1F)C(=O)NC1CC1. The molecule has 1 heterocycles. The quantitative estimate of drug-likeness (QED) is 0.435. The lowest BCUT2D eigenvalue weighted by molar-refractivity contribution is -0.121. The molecule has 0 radical (unpaired) electrons. The van der Waals surface area contributed by atoms with Crippen molar-refractivity contribution < 1.29 is 9.18 Å². The highest BCUT2D eigenvalue weighted by molar-refractivity contribution is 5.84. The number of hydrazine groups is 1. The van der Waals surface area contributed by atoms with Crippen LogP contribution in [0.1, 0.15) is 19.8 Å². The maximum Gasteiger partial charge on any atom is 0.242 e.